The molecule has 0 saturated heterocycles. The van der Waals surface area contributed by atoms with Gasteiger partial charge in [0.25, 0.3) is 0 Å². The van der Waals surface area contributed by atoms with Gasteiger partial charge in [0.15, 0.2) is 0 Å². The fourth-order valence-electron chi connectivity index (χ4n) is 4.85. The van der Waals surface area contributed by atoms with E-state index in [4.69, 9.17) is 9.84 Å². The Hall–Kier alpha value is -5.82. The van der Waals surface area contributed by atoms with Gasteiger partial charge in [0, 0.05) is 24.7 Å². The zero-order chi connectivity index (χ0) is 32.3. The molecule has 0 unspecified atom stereocenters. The molecule has 0 saturated carbocycles. The van der Waals surface area contributed by atoms with E-state index in [1.807, 2.05) is 77.8 Å². The highest BCUT2D eigenvalue weighted by atomic mass is 16.5. The molecule has 4 aromatic rings. The van der Waals surface area contributed by atoms with Crippen molar-refractivity contribution in [1.29, 1.82) is 0 Å². The number of hydrogen-bond donors (Lipinski definition) is 4. The van der Waals surface area contributed by atoms with Crippen molar-refractivity contribution in [3.8, 4) is 11.1 Å². The molecule has 0 fully saturated rings. The molecule has 3 aromatic carbocycles. The standard InChI is InChI=1S/C33H34N8O5/c1-40-35-22-41(39-40)30-10-6-5-9-25(30)13-16-31(42)37-28(19-23-7-3-2-4-8-23)29-20-26(21-34-38-29)24-11-14-27(15-12-24)36-33(45)46-18-17-32(43)44/h2-12,14-15,20-22,28,39H,13,16-19H2,1H3,(H,36,45)(H,37,42)(H,43,44)/t28-/m0/s1. The number of carbonyl (C=O) groups is 3. The molecule has 0 radical (unpaired) electrons. The van der Waals surface area contributed by atoms with Crippen molar-refractivity contribution < 1.29 is 24.2 Å². The number of rotatable bonds is 13. The smallest absolute Gasteiger partial charge is 0.411 e. The Balaban J connectivity index is 1.27. The Kier molecular flexibility index (Phi) is 10.5. The van der Waals surface area contributed by atoms with Gasteiger partial charge in [-0.25, -0.2) is 14.9 Å². The summed E-state index contributed by atoms with van der Waals surface area (Å²) in [5.41, 5.74) is 8.77. The van der Waals surface area contributed by atoms with E-state index < -0.39 is 18.1 Å². The summed E-state index contributed by atoms with van der Waals surface area (Å²) in [5.74, 6) is -1.16. The zero-order valence-electron chi connectivity index (χ0n) is 25.2. The number of aryl methyl sites for hydroxylation is 1. The lowest BCUT2D eigenvalue weighted by Crippen LogP contribution is -2.39. The summed E-state index contributed by atoms with van der Waals surface area (Å²) in [6.45, 7) is -0.220. The van der Waals surface area contributed by atoms with Gasteiger partial charge >= 0.3 is 12.1 Å². The number of carboxylic acids is 1. The van der Waals surface area contributed by atoms with Crippen molar-refractivity contribution in [1.82, 2.24) is 26.2 Å². The molecule has 46 heavy (non-hydrogen) atoms. The third kappa shape index (κ3) is 8.86. The fourth-order valence-corrected chi connectivity index (χ4v) is 4.85. The molecule has 1 aliphatic rings. The molecule has 0 spiro atoms. The minimum atomic E-state index is -1.05. The SMILES string of the molecule is CN1N=CN(c2ccccc2CCC(=O)N[C@@H](Cc2ccccc2)c2cc(-c3ccc(NC(=O)OCCC(=O)O)cc3)cnn2)N1. The van der Waals surface area contributed by atoms with E-state index in [1.54, 1.807) is 36.8 Å². The van der Waals surface area contributed by atoms with Crippen LogP contribution in [0.15, 0.2) is 96.2 Å². The lowest BCUT2D eigenvalue weighted by molar-refractivity contribution is -0.137. The second-order valence-corrected chi connectivity index (χ2v) is 10.5. The number of hydrazine groups is 2. The van der Waals surface area contributed by atoms with Gasteiger partial charge in [-0.2, -0.15) is 10.2 Å². The second kappa shape index (κ2) is 15.3. The van der Waals surface area contributed by atoms with Crippen LogP contribution >= 0.6 is 0 Å². The first-order valence-corrected chi connectivity index (χ1v) is 14.7. The Morgan fingerprint density at radius 1 is 0.957 bits per heavy atom. The van der Waals surface area contributed by atoms with Gasteiger partial charge in [0.2, 0.25) is 5.91 Å². The van der Waals surface area contributed by atoms with Gasteiger partial charge in [-0.3, -0.25) is 14.9 Å². The van der Waals surface area contributed by atoms with Gasteiger partial charge in [-0.1, -0.05) is 60.7 Å². The van der Waals surface area contributed by atoms with E-state index in [0.29, 0.717) is 24.2 Å². The van der Waals surface area contributed by atoms with E-state index in [2.05, 4.69) is 31.5 Å². The number of aromatic nitrogens is 2. The molecule has 236 valence electrons. The summed E-state index contributed by atoms with van der Waals surface area (Å²) in [6.07, 6.45) is 3.63. The third-order valence-corrected chi connectivity index (χ3v) is 7.13. The maximum Gasteiger partial charge on any atom is 0.411 e. The highest BCUT2D eigenvalue weighted by Gasteiger charge is 2.20. The van der Waals surface area contributed by atoms with Gasteiger partial charge in [0.1, 0.15) is 12.9 Å². The minimum Gasteiger partial charge on any atom is -0.481 e. The first-order chi connectivity index (χ1) is 22.3. The van der Waals surface area contributed by atoms with Crippen molar-refractivity contribution in [3.63, 3.8) is 0 Å². The molecule has 13 heteroatoms. The lowest BCUT2D eigenvalue weighted by atomic mass is 9.99. The van der Waals surface area contributed by atoms with Gasteiger partial charge in [-0.05, 0) is 53.8 Å². The summed E-state index contributed by atoms with van der Waals surface area (Å²) < 4.78 is 4.87. The van der Waals surface area contributed by atoms with Crippen LogP contribution in [0, 0.1) is 0 Å². The molecular formula is C33H34N8O5. The predicted octanol–water partition coefficient (Wildman–Crippen LogP) is 4.31. The number of aliphatic carboxylic acids is 1. The van der Waals surface area contributed by atoms with E-state index in [0.717, 1.165) is 27.9 Å². The molecule has 13 nitrogen and oxygen atoms in total. The van der Waals surface area contributed by atoms with Crippen LogP contribution < -0.4 is 21.2 Å². The third-order valence-electron chi connectivity index (χ3n) is 7.13. The van der Waals surface area contributed by atoms with E-state index >= 15 is 0 Å². The van der Waals surface area contributed by atoms with Gasteiger partial charge < -0.3 is 15.2 Å². The number of amides is 2. The van der Waals surface area contributed by atoms with Gasteiger partial charge in [0.05, 0.1) is 30.0 Å². The molecule has 4 N–H and O–H groups in total. The van der Waals surface area contributed by atoms with Crippen LogP contribution in [0.25, 0.3) is 11.1 Å². The highest BCUT2D eigenvalue weighted by molar-refractivity contribution is 5.85. The molecule has 1 aromatic heterocycles. The number of nitrogens with one attached hydrogen (secondary N) is 3. The van der Waals surface area contributed by atoms with Crippen molar-refractivity contribution in [2.75, 3.05) is 24.0 Å². The Labute approximate surface area is 265 Å². The number of benzene rings is 3. The zero-order valence-corrected chi connectivity index (χ0v) is 25.2. The highest BCUT2D eigenvalue weighted by Crippen LogP contribution is 2.25. The van der Waals surface area contributed by atoms with Crippen LogP contribution in [-0.4, -0.2) is 58.4 Å². The first-order valence-electron chi connectivity index (χ1n) is 14.7. The lowest BCUT2D eigenvalue weighted by Gasteiger charge is -2.21. The minimum absolute atomic E-state index is 0.117. The fraction of sp³-hybridized carbons (Fsp3) is 0.212. The summed E-state index contributed by atoms with van der Waals surface area (Å²) >= 11 is 0. The van der Waals surface area contributed by atoms with Crippen LogP contribution in [0.5, 0.6) is 0 Å². The van der Waals surface area contributed by atoms with E-state index in [-0.39, 0.29) is 25.4 Å². The summed E-state index contributed by atoms with van der Waals surface area (Å²) in [6, 6.07) is 26.2. The number of ether oxygens (including phenoxy) is 1. The number of hydrazone groups is 1. The molecule has 1 aliphatic heterocycles. The summed E-state index contributed by atoms with van der Waals surface area (Å²) in [7, 11) is 1.80. The topological polar surface area (TPSA) is 161 Å². The number of carboxylic acid groups (broad SMARTS) is 1. The number of para-hydroxylation sites is 1. The quantitative estimate of drug-likeness (QED) is 0.169. The van der Waals surface area contributed by atoms with Crippen LogP contribution in [0.1, 0.15) is 35.7 Å². The molecule has 5 rings (SSSR count). The monoisotopic (exact) mass is 622 g/mol. The van der Waals surface area contributed by atoms with Crippen molar-refractivity contribution in [2.24, 2.45) is 5.10 Å². The molecule has 0 aliphatic carbocycles. The van der Waals surface area contributed by atoms with Crippen LogP contribution in [0.4, 0.5) is 16.2 Å². The number of anilines is 2. The van der Waals surface area contributed by atoms with Crippen LogP contribution in [0.3, 0.4) is 0 Å². The normalized spacial score (nSPS) is 12.9. The molecule has 2 amide bonds. The Morgan fingerprint density at radius 2 is 1.72 bits per heavy atom. The van der Waals surface area contributed by atoms with Crippen molar-refractivity contribution >= 4 is 35.7 Å². The number of nitrogens with zero attached hydrogens (tertiary/aromatic N) is 5. The van der Waals surface area contributed by atoms with Crippen LogP contribution in [-0.2, 0) is 27.2 Å². The molecule has 1 atom stereocenters. The van der Waals surface area contributed by atoms with Gasteiger partial charge in [-0.15, -0.1) is 10.6 Å². The Morgan fingerprint density at radius 3 is 2.46 bits per heavy atom. The summed E-state index contributed by atoms with van der Waals surface area (Å²) in [5, 5.41) is 30.7. The largest absolute Gasteiger partial charge is 0.481 e. The van der Waals surface area contributed by atoms with Crippen LogP contribution in [0.2, 0.25) is 0 Å². The average Bonchev–Trinajstić information content (AvgIpc) is 3.50. The molecular weight excluding hydrogens is 588 g/mol. The van der Waals surface area contributed by atoms with Crippen molar-refractivity contribution in [3.05, 3.63) is 108 Å². The Bertz CT molecular complexity index is 1680. The number of hydrogen-bond acceptors (Lipinski definition) is 10. The second-order valence-electron chi connectivity index (χ2n) is 10.5. The molecule has 0 bridgehead atoms. The maximum absolute atomic E-state index is 13.4. The average molecular weight is 623 g/mol. The van der Waals surface area contributed by atoms with E-state index in [9.17, 15) is 14.4 Å². The predicted molar refractivity (Wildman–Crippen MR) is 172 cm³/mol. The van der Waals surface area contributed by atoms with E-state index in [1.165, 1.54) is 0 Å². The molecule has 2 heterocycles. The first kappa shape index (κ1) is 31.6. The van der Waals surface area contributed by atoms with Crippen molar-refractivity contribution in [2.45, 2.75) is 31.7 Å². The maximum atomic E-state index is 13.4. The summed E-state index contributed by atoms with van der Waals surface area (Å²) in [4.78, 5) is 35.9. The number of carbonyl (C=O) groups excluding carboxylic acids is 2.